The van der Waals surface area contributed by atoms with E-state index >= 15 is 0 Å². The number of hydrogen-bond acceptors (Lipinski definition) is 4. The molecule has 3 rings (SSSR count). The first-order chi connectivity index (χ1) is 11.0. The number of nitrogens with zero attached hydrogens (tertiary/aromatic N) is 3. The quantitative estimate of drug-likeness (QED) is 0.760. The molecule has 0 radical (unpaired) electrons. The van der Waals surface area contributed by atoms with Crippen molar-refractivity contribution in [2.75, 3.05) is 5.73 Å². The first kappa shape index (κ1) is 14.7. The number of benzene rings is 2. The van der Waals surface area contributed by atoms with Crippen LogP contribution in [-0.4, -0.2) is 14.9 Å². The second kappa shape index (κ2) is 5.50. The van der Waals surface area contributed by atoms with Gasteiger partial charge in [-0.1, -0.05) is 36.4 Å². The monoisotopic (exact) mass is 304 g/mol. The maximum atomic E-state index is 9.98. The maximum Gasteiger partial charge on any atom is 0.145 e. The van der Waals surface area contributed by atoms with Crippen LogP contribution in [-0.2, 0) is 0 Å². The molecule has 1 aromatic heterocycles. The standard InChI is InChI=1S/C18H16N4O/c1-11-8-9-15(23)12(2)17(11)22-18(20)14(10-19)16(21-22)13-6-4-3-5-7-13/h3-9,23H,20H2,1-2H3. The molecule has 0 amide bonds. The number of hydrogen-bond donors (Lipinski definition) is 2. The van der Waals surface area contributed by atoms with Crippen LogP contribution in [0.4, 0.5) is 5.82 Å². The number of phenols is 1. The van der Waals surface area contributed by atoms with E-state index in [0.29, 0.717) is 22.5 Å². The summed E-state index contributed by atoms with van der Waals surface area (Å²) in [5, 5.41) is 24.0. The van der Waals surface area contributed by atoms with Gasteiger partial charge >= 0.3 is 0 Å². The Morgan fingerprint density at radius 1 is 1.13 bits per heavy atom. The minimum atomic E-state index is 0.167. The Kier molecular flexibility index (Phi) is 3.51. The highest BCUT2D eigenvalue weighted by Gasteiger charge is 2.20. The molecule has 0 atom stereocenters. The largest absolute Gasteiger partial charge is 0.508 e. The van der Waals surface area contributed by atoms with Gasteiger partial charge in [-0.2, -0.15) is 10.4 Å². The molecule has 0 fully saturated rings. The topological polar surface area (TPSA) is 87.9 Å². The van der Waals surface area contributed by atoms with E-state index in [4.69, 9.17) is 5.73 Å². The molecule has 2 aromatic carbocycles. The summed E-state index contributed by atoms with van der Waals surface area (Å²) >= 11 is 0. The third-order valence-electron chi connectivity index (χ3n) is 3.90. The number of nitrogen functional groups attached to an aromatic ring is 1. The Balaban J connectivity index is 2.30. The second-order valence-electron chi connectivity index (χ2n) is 5.37. The van der Waals surface area contributed by atoms with Crippen molar-refractivity contribution in [2.24, 2.45) is 0 Å². The van der Waals surface area contributed by atoms with Gasteiger partial charge in [-0.3, -0.25) is 0 Å². The van der Waals surface area contributed by atoms with Crippen molar-refractivity contribution in [1.82, 2.24) is 9.78 Å². The van der Waals surface area contributed by atoms with Gasteiger partial charge in [0.2, 0.25) is 0 Å². The minimum Gasteiger partial charge on any atom is -0.508 e. The lowest BCUT2D eigenvalue weighted by Crippen LogP contribution is -2.06. The fraction of sp³-hybridized carbons (Fsp3) is 0.111. The van der Waals surface area contributed by atoms with Crippen LogP contribution < -0.4 is 5.73 Å². The van der Waals surface area contributed by atoms with Gasteiger partial charge in [0.05, 0.1) is 5.69 Å². The van der Waals surface area contributed by atoms with Gasteiger partial charge in [0.25, 0.3) is 0 Å². The maximum absolute atomic E-state index is 9.98. The molecule has 0 aliphatic heterocycles. The van der Waals surface area contributed by atoms with Crippen LogP contribution in [0.5, 0.6) is 5.75 Å². The fourth-order valence-electron chi connectivity index (χ4n) is 2.66. The van der Waals surface area contributed by atoms with E-state index in [1.54, 1.807) is 19.1 Å². The van der Waals surface area contributed by atoms with Crippen molar-refractivity contribution in [1.29, 1.82) is 5.26 Å². The number of phenolic OH excluding ortho intramolecular Hbond substituents is 1. The number of rotatable bonds is 2. The molecule has 114 valence electrons. The van der Waals surface area contributed by atoms with E-state index in [2.05, 4.69) is 11.2 Å². The smallest absolute Gasteiger partial charge is 0.145 e. The van der Waals surface area contributed by atoms with Crippen LogP contribution in [0.15, 0.2) is 42.5 Å². The van der Waals surface area contributed by atoms with E-state index in [1.807, 2.05) is 37.3 Å². The summed E-state index contributed by atoms with van der Waals surface area (Å²) in [4.78, 5) is 0. The van der Waals surface area contributed by atoms with Crippen LogP contribution in [0.3, 0.4) is 0 Å². The lowest BCUT2D eigenvalue weighted by molar-refractivity contribution is 0.470. The van der Waals surface area contributed by atoms with Crippen molar-refractivity contribution in [3.05, 3.63) is 59.2 Å². The molecule has 0 aliphatic carbocycles. The highest BCUT2D eigenvalue weighted by atomic mass is 16.3. The van der Waals surface area contributed by atoms with Gasteiger partial charge in [0, 0.05) is 11.1 Å². The molecule has 0 unspecified atom stereocenters. The van der Waals surface area contributed by atoms with Gasteiger partial charge in [-0.05, 0) is 25.5 Å². The van der Waals surface area contributed by atoms with Crippen LogP contribution in [0.25, 0.3) is 16.9 Å². The summed E-state index contributed by atoms with van der Waals surface area (Å²) < 4.78 is 1.53. The number of aromatic hydroxyl groups is 1. The van der Waals surface area contributed by atoms with Crippen LogP contribution in [0, 0.1) is 25.2 Å². The van der Waals surface area contributed by atoms with Crippen molar-refractivity contribution in [3.63, 3.8) is 0 Å². The number of anilines is 1. The summed E-state index contributed by atoms with van der Waals surface area (Å²) in [6, 6.07) is 15.0. The Labute approximate surface area is 134 Å². The summed E-state index contributed by atoms with van der Waals surface area (Å²) in [7, 11) is 0. The van der Waals surface area contributed by atoms with Gasteiger partial charge in [-0.25, -0.2) is 4.68 Å². The number of aryl methyl sites for hydroxylation is 1. The number of nitrogens with two attached hydrogens (primary N) is 1. The predicted octanol–water partition coefficient (Wildman–Crippen LogP) is 3.32. The van der Waals surface area contributed by atoms with Gasteiger partial charge < -0.3 is 10.8 Å². The summed E-state index contributed by atoms with van der Waals surface area (Å²) in [6.07, 6.45) is 0. The molecule has 5 nitrogen and oxygen atoms in total. The Morgan fingerprint density at radius 3 is 2.48 bits per heavy atom. The fourth-order valence-corrected chi connectivity index (χ4v) is 2.66. The summed E-state index contributed by atoms with van der Waals surface area (Å²) in [6.45, 7) is 3.71. The molecule has 23 heavy (non-hydrogen) atoms. The van der Waals surface area contributed by atoms with Gasteiger partial charge in [0.15, 0.2) is 0 Å². The first-order valence-electron chi connectivity index (χ1n) is 7.18. The third kappa shape index (κ3) is 2.30. The molecule has 3 N–H and O–H groups in total. The molecular formula is C18H16N4O. The second-order valence-corrected chi connectivity index (χ2v) is 5.37. The van der Waals surface area contributed by atoms with Crippen LogP contribution in [0.2, 0.25) is 0 Å². The van der Waals surface area contributed by atoms with E-state index in [-0.39, 0.29) is 11.6 Å². The normalized spacial score (nSPS) is 10.5. The average molecular weight is 304 g/mol. The highest BCUT2D eigenvalue weighted by molar-refractivity contribution is 5.74. The van der Waals surface area contributed by atoms with Crippen LogP contribution >= 0.6 is 0 Å². The van der Waals surface area contributed by atoms with E-state index in [9.17, 15) is 10.4 Å². The zero-order valence-corrected chi connectivity index (χ0v) is 12.9. The molecule has 1 heterocycles. The highest BCUT2D eigenvalue weighted by Crippen LogP contribution is 2.33. The zero-order valence-electron chi connectivity index (χ0n) is 12.9. The van der Waals surface area contributed by atoms with E-state index in [1.165, 1.54) is 4.68 Å². The molecule has 5 heteroatoms. The molecule has 0 saturated carbocycles. The van der Waals surface area contributed by atoms with Gasteiger partial charge in [-0.15, -0.1) is 0 Å². The SMILES string of the molecule is Cc1ccc(O)c(C)c1-n1nc(-c2ccccc2)c(C#N)c1N. The zero-order chi connectivity index (χ0) is 16.6. The molecule has 0 bridgehead atoms. The molecular weight excluding hydrogens is 288 g/mol. The Hall–Kier alpha value is -3.26. The van der Waals surface area contributed by atoms with Crippen molar-refractivity contribution in [2.45, 2.75) is 13.8 Å². The lowest BCUT2D eigenvalue weighted by atomic mass is 10.1. The lowest BCUT2D eigenvalue weighted by Gasteiger charge is -2.12. The first-order valence-corrected chi connectivity index (χ1v) is 7.18. The van der Waals surface area contributed by atoms with Crippen molar-refractivity contribution >= 4 is 5.82 Å². The van der Waals surface area contributed by atoms with Crippen molar-refractivity contribution < 1.29 is 5.11 Å². The summed E-state index contributed by atoms with van der Waals surface area (Å²) in [5.41, 5.74) is 10.1. The Bertz CT molecular complexity index is 920. The third-order valence-corrected chi connectivity index (χ3v) is 3.90. The number of aromatic nitrogens is 2. The van der Waals surface area contributed by atoms with Gasteiger partial charge in [0.1, 0.15) is 28.9 Å². The van der Waals surface area contributed by atoms with Crippen molar-refractivity contribution in [3.8, 4) is 28.8 Å². The number of nitriles is 1. The predicted molar refractivity (Wildman–Crippen MR) is 89.3 cm³/mol. The summed E-state index contributed by atoms with van der Waals surface area (Å²) in [5.74, 6) is 0.434. The van der Waals surface area contributed by atoms with E-state index < -0.39 is 0 Å². The average Bonchev–Trinajstić information content (AvgIpc) is 2.89. The molecule has 0 saturated heterocycles. The van der Waals surface area contributed by atoms with Crippen LogP contribution in [0.1, 0.15) is 16.7 Å². The Morgan fingerprint density at radius 2 is 1.83 bits per heavy atom. The minimum absolute atomic E-state index is 0.167. The molecule has 0 spiro atoms. The molecule has 3 aromatic rings. The molecule has 0 aliphatic rings. The van der Waals surface area contributed by atoms with E-state index in [0.717, 1.165) is 11.1 Å².